The minimum Gasteiger partial charge on any atom is -0.394 e. The van der Waals surface area contributed by atoms with E-state index in [1.807, 2.05) is 0 Å². The van der Waals surface area contributed by atoms with Gasteiger partial charge in [0.2, 0.25) is 0 Å². The van der Waals surface area contributed by atoms with Gasteiger partial charge in [-0.1, -0.05) is 34.6 Å². The number of ether oxygens (including phenoxy) is 6. The highest BCUT2D eigenvalue weighted by molar-refractivity contribution is 5.33. The molecule has 0 aromatic carbocycles. The summed E-state index contributed by atoms with van der Waals surface area (Å²) in [5.74, 6) is -0.542. The van der Waals surface area contributed by atoms with Gasteiger partial charge in [-0.3, -0.25) is 0 Å². The smallest absolute Gasteiger partial charge is 0.187 e. The Balaban J connectivity index is 1.11. The summed E-state index contributed by atoms with van der Waals surface area (Å²) in [4.78, 5) is 0. The maximum absolute atomic E-state index is 11.8. The van der Waals surface area contributed by atoms with E-state index >= 15 is 0 Å². The van der Waals surface area contributed by atoms with Crippen LogP contribution in [0.4, 0.5) is 0 Å². The monoisotopic (exact) mass is 963 g/mol. The Hall–Kier alpha value is -0.760. The van der Waals surface area contributed by atoms with Crippen molar-refractivity contribution in [3.63, 3.8) is 0 Å². The van der Waals surface area contributed by atoms with Gasteiger partial charge in [-0.05, 0) is 129 Å². The number of hydrogen-bond acceptors (Lipinski definition) is 19. The highest BCUT2D eigenvalue weighted by atomic mass is 16.7. The van der Waals surface area contributed by atoms with Gasteiger partial charge in [0.05, 0.1) is 49.3 Å². The molecular formula is C48H82O19. The van der Waals surface area contributed by atoms with E-state index in [2.05, 4.69) is 34.6 Å². The van der Waals surface area contributed by atoms with E-state index in [0.717, 1.165) is 25.7 Å². The fourth-order valence-electron chi connectivity index (χ4n) is 15.8. The molecule has 0 aromatic rings. The molecule has 8 aliphatic rings. The maximum atomic E-state index is 11.8. The van der Waals surface area contributed by atoms with Crippen LogP contribution in [0.2, 0.25) is 0 Å². The zero-order chi connectivity index (χ0) is 49.3. The van der Waals surface area contributed by atoms with Gasteiger partial charge in [-0.2, -0.15) is 0 Å². The van der Waals surface area contributed by atoms with Crippen LogP contribution in [0, 0.1) is 50.7 Å². The standard InChI is InChI=1S/C48H82O19/c1-20(9-10-28(52)44(5,6)67-42-38(61)35(58)32(55)25(18-50)66-42)29-23(64-41-37(60)34(57)31(54)24(17-49)65-41)16-46(8)26-15-22(63-40-36(59)33(56)30(53)21(2)62-40)39-43(3,4)27(51)11-12-48(39)19-47(26,48)14-13-45(29,46)7/h20-42,49-61H,9-19H2,1-8H3. The summed E-state index contributed by atoms with van der Waals surface area (Å²) < 4.78 is 37.5. The Morgan fingerprint density at radius 2 is 1.16 bits per heavy atom. The van der Waals surface area contributed by atoms with Gasteiger partial charge >= 0.3 is 0 Å². The number of aliphatic hydroxyl groups excluding tert-OH is 13. The second kappa shape index (κ2) is 18.3. The largest absolute Gasteiger partial charge is 0.394 e. The lowest BCUT2D eigenvalue weighted by Crippen LogP contribution is -2.64. The molecule has 0 bridgehead atoms. The topological polar surface area (TPSA) is 318 Å². The molecule has 13 N–H and O–H groups in total. The van der Waals surface area contributed by atoms with E-state index in [1.165, 1.54) is 0 Å². The third kappa shape index (κ3) is 8.12. The summed E-state index contributed by atoms with van der Waals surface area (Å²) in [7, 11) is 0. The summed E-state index contributed by atoms with van der Waals surface area (Å²) in [6.07, 6.45) is -18.6. The molecule has 27 unspecified atom stereocenters. The van der Waals surface area contributed by atoms with E-state index in [4.69, 9.17) is 28.4 Å². The van der Waals surface area contributed by atoms with Gasteiger partial charge < -0.3 is 94.8 Å². The van der Waals surface area contributed by atoms with Crippen LogP contribution >= 0.6 is 0 Å². The van der Waals surface area contributed by atoms with Crippen molar-refractivity contribution in [2.75, 3.05) is 13.2 Å². The molecule has 0 amide bonds. The Labute approximate surface area is 393 Å². The van der Waals surface area contributed by atoms with Crippen LogP contribution in [0.15, 0.2) is 0 Å². The lowest BCUT2D eigenvalue weighted by molar-refractivity contribution is -0.331. The maximum Gasteiger partial charge on any atom is 0.187 e. The first-order valence-corrected chi connectivity index (χ1v) is 24.8. The molecule has 5 saturated carbocycles. The molecule has 3 aliphatic heterocycles. The molecule has 5 aliphatic carbocycles. The van der Waals surface area contributed by atoms with Crippen molar-refractivity contribution in [3.8, 4) is 0 Å². The molecule has 0 aromatic heterocycles. The van der Waals surface area contributed by atoms with Crippen molar-refractivity contribution in [2.24, 2.45) is 50.7 Å². The highest BCUT2D eigenvalue weighted by Crippen LogP contribution is 2.89. The van der Waals surface area contributed by atoms with Crippen LogP contribution in [0.3, 0.4) is 0 Å². The summed E-state index contributed by atoms with van der Waals surface area (Å²) in [5.41, 5.74) is -3.23. The van der Waals surface area contributed by atoms with Crippen molar-refractivity contribution in [1.29, 1.82) is 0 Å². The average Bonchev–Trinajstić information content (AvgIpc) is 3.87. The summed E-state index contributed by atoms with van der Waals surface area (Å²) >= 11 is 0. The quantitative estimate of drug-likeness (QED) is 0.0962. The zero-order valence-electron chi connectivity index (χ0n) is 40.3. The number of fused-ring (bicyclic) bond motifs is 2. The Morgan fingerprint density at radius 1 is 0.627 bits per heavy atom. The van der Waals surface area contributed by atoms with E-state index < -0.39 is 152 Å². The first kappa shape index (κ1) is 52.6. The molecule has 2 spiro atoms. The lowest BCUT2D eigenvalue weighted by Gasteiger charge is -2.65. The number of aliphatic hydroxyl groups is 13. The second-order valence-corrected chi connectivity index (χ2v) is 23.9. The minimum atomic E-state index is -1.66. The third-order valence-corrected chi connectivity index (χ3v) is 19.9. The summed E-state index contributed by atoms with van der Waals surface area (Å²) in [5, 5.41) is 140. The Bertz CT molecular complexity index is 1740. The molecular weight excluding hydrogens is 881 g/mol. The van der Waals surface area contributed by atoms with E-state index in [0.29, 0.717) is 25.7 Å². The molecule has 19 nitrogen and oxygen atoms in total. The van der Waals surface area contributed by atoms with Crippen molar-refractivity contribution in [3.05, 3.63) is 0 Å². The van der Waals surface area contributed by atoms with Crippen LogP contribution in [0.25, 0.3) is 0 Å². The van der Waals surface area contributed by atoms with Crippen molar-refractivity contribution < 1.29 is 94.8 Å². The van der Waals surface area contributed by atoms with E-state index in [1.54, 1.807) is 20.8 Å². The molecule has 3 saturated heterocycles. The van der Waals surface area contributed by atoms with Gasteiger partial charge in [0, 0.05) is 0 Å². The number of rotatable bonds is 13. The van der Waals surface area contributed by atoms with Crippen LogP contribution < -0.4 is 0 Å². The van der Waals surface area contributed by atoms with Crippen LogP contribution in [0.1, 0.15) is 113 Å². The van der Waals surface area contributed by atoms with Crippen molar-refractivity contribution in [1.82, 2.24) is 0 Å². The zero-order valence-corrected chi connectivity index (χ0v) is 40.3. The van der Waals surface area contributed by atoms with Gasteiger partial charge in [0.1, 0.15) is 67.1 Å². The third-order valence-electron chi connectivity index (χ3n) is 19.9. The Kier molecular flexibility index (Phi) is 14.4. The van der Waals surface area contributed by atoms with Crippen molar-refractivity contribution >= 4 is 0 Å². The molecule has 388 valence electrons. The first-order chi connectivity index (χ1) is 31.2. The van der Waals surface area contributed by atoms with Crippen LogP contribution in [0.5, 0.6) is 0 Å². The normalized spacial score (nSPS) is 54.9. The molecule has 8 rings (SSSR count). The van der Waals surface area contributed by atoms with Gasteiger partial charge in [0.25, 0.3) is 0 Å². The Morgan fingerprint density at radius 3 is 1.76 bits per heavy atom. The fourth-order valence-corrected chi connectivity index (χ4v) is 15.8. The predicted octanol–water partition coefficient (Wildman–Crippen LogP) is -1.22. The lowest BCUT2D eigenvalue weighted by atomic mass is 9.41. The van der Waals surface area contributed by atoms with Crippen LogP contribution in [-0.4, -0.2) is 202 Å². The van der Waals surface area contributed by atoms with E-state index in [9.17, 15) is 66.4 Å². The van der Waals surface area contributed by atoms with Crippen molar-refractivity contribution in [2.45, 2.75) is 235 Å². The van der Waals surface area contributed by atoms with Gasteiger partial charge in [-0.15, -0.1) is 0 Å². The molecule has 0 radical (unpaired) electrons. The molecule has 67 heavy (non-hydrogen) atoms. The SMILES string of the molecule is CC(CCC(O)C(C)(C)OC1OC(CO)C(O)C(O)C1O)C1C(OC2OC(CO)C(O)C(O)C2O)CC2(C)C3CC(OC4OC(C)C(O)C(O)C4O)C4C(C)(C)C(O)CCC45CC35CCC12C. The molecule has 3 heterocycles. The van der Waals surface area contributed by atoms with Gasteiger partial charge in [0.15, 0.2) is 18.9 Å². The van der Waals surface area contributed by atoms with E-state index in [-0.39, 0.29) is 40.9 Å². The molecule has 8 fully saturated rings. The summed E-state index contributed by atoms with van der Waals surface area (Å²) in [6.45, 7) is 14.4. The predicted molar refractivity (Wildman–Crippen MR) is 233 cm³/mol. The second-order valence-electron chi connectivity index (χ2n) is 23.9. The molecule has 27 atom stereocenters. The van der Waals surface area contributed by atoms with Crippen LogP contribution in [-0.2, 0) is 28.4 Å². The minimum absolute atomic E-state index is 0.00859. The number of hydrogen-bond donors (Lipinski definition) is 13. The fraction of sp³-hybridized carbons (Fsp3) is 1.00. The highest BCUT2D eigenvalue weighted by Gasteiger charge is 2.85. The molecule has 19 heteroatoms. The summed E-state index contributed by atoms with van der Waals surface area (Å²) in [6, 6.07) is 0. The first-order valence-electron chi connectivity index (χ1n) is 24.8. The average molecular weight is 963 g/mol. The van der Waals surface area contributed by atoms with Gasteiger partial charge in [-0.25, -0.2) is 0 Å².